The summed E-state index contributed by atoms with van der Waals surface area (Å²) in [5, 5.41) is 5.27. The van der Waals surface area contributed by atoms with Crippen LogP contribution in [0.1, 0.15) is 112 Å². The third-order valence-electron chi connectivity index (χ3n) is 14.5. The van der Waals surface area contributed by atoms with Crippen LogP contribution in [0.5, 0.6) is 0 Å². The van der Waals surface area contributed by atoms with Crippen LogP contribution in [0.25, 0.3) is 22.3 Å². The van der Waals surface area contributed by atoms with Crippen LogP contribution in [-0.2, 0) is 33.4 Å². The van der Waals surface area contributed by atoms with E-state index in [2.05, 4.69) is 95.6 Å². The number of thioether (sulfide) groups is 1. The summed E-state index contributed by atoms with van der Waals surface area (Å²) in [4.78, 5) is 72.8. The topological polar surface area (TPSA) is 249 Å². The number of rotatable bonds is 21. The Kier molecular flexibility index (Phi) is 23.0. The van der Waals surface area contributed by atoms with E-state index in [0.717, 1.165) is 50.1 Å². The molecule has 0 saturated heterocycles. The minimum Gasteiger partial charge on any atom is -0.449 e. The molecule has 10 N–H and O–H groups in total. The van der Waals surface area contributed by atoms with Gasteiger partial charge in [0.15, 0.2) is 5.78 Å². The molecular formula is C67H76N6O8S. The number of ether oxygens (including phenoxy) is 2. The highest BCUT2D eigenvalue weighted by molar-refractivity contribution is 8.00. The molecule has 7 aromatic carbocycles. The first-order valence-corrected chi connectivity index (χ1v) is 28.6. The molecule has 0 radical (unpaired) electrons. The molecule has 0 unspecified atom stereocenters. The molecule has 0 heterocycles. The lowest BCUT2D eigenvalue weighted by atomic mass is 9.84. The number of ketones is 1. The molecule has 0 fully saturated rings. The van der Waals surface area contributed by atoms with Gasteiger partial charge in [0.2, 0.25) is 17.7 Å². The fourth-order valence-corrected chi connectivity index (χ4v) is 11.8. The van der Waals surface area contributed by atoms with Crippen molar-refractivity contribution in [2.45, 2.75) is 95.0 Å². The summed E-state index contributed by atoms with van der Waals surface area (Å²) in [5.74, 6) is -2.37. The van der Waals surface area contributed by atoms with Gasteiger partial charge in [-0.3, -0.25) is 19.2 Å². The summed E-state index contributed by atoms with van der Waals surface area (Å²) in [6, 6.07) is 61.0. The largest absolute Gasteiger partial charge is 0.449 e. The lowest BCUT2D eigenvalue weighted by Crippen LogP contribution is -2.44. The SMILES string of the molecule is CC[C@@H](N)C(N)=O.CC[C@@H](NC(=O)OCC1c2ccccc2-c2ccccc21)C(=O)C[C@H](CSC(c1ccccc1)(c1ccccc1)c1ccccc1)C(N)=O.CC[C@@H](NC(=O)OCC1c2ccccc2-c2ccccc21)C(N)=O.[2H]CC. The van der Waals surface area contributed by atoms with Crippen molar-refractivity contribution in [3.05, 3.63) is 227 Å². The van der Waals surface area contributed by atoms with E-state index < -0.39 is 58.7 Å². The number of Topliss-reactive ketones (excluding diaryl/α,β-unsaturated/α-hetero) is 1. The number of fused-ring (bicyclic) bond motifs is 6. The maximum atomic E-state index is 13.7. The van der Waals surface area contributed by atoms with E-state index in [4.69, 9.17) is 33.8 Å². The second kappa shape index (κ2) is 30.9. The predicted molar refractivity (Wildman–Crippen MR) is 327 cm³/mol. The molecule has 5 amide bonds. The first kappa shape index (κ1) is 61.1. The molecule has 14 nitrogen and oxygen atoms in total. The number of carbonyl (C=O) groups is 6. The summed E-state index contributed by atoms with van der Waals surface area (Å²) in [7, 11) is 0. The molecule has 7 aromatic rings. The third kappa shape index (κ3) is 15.5. The van der Waals surface area contributed by atoms with Gasteiger partial charge in [0.25, 0.3) is 0 Å². The van der Waals surface area contributed by atoms with Crippen LogP contribution >= 0.6 is 11.8 Å². The molecule has 428 valence electrons. The highest BCUT2D eigenvalue weighted by Crippen LogP contribution is 2.50. The first-order chi connectivity index (χ1) is 40.1. The average Bonchev–Trinajstić information content (AvgIpc) is 4.19. The minimum atomic E-state index is -0.815. The fraction of sp³-hybridized carbons (Fsp3) is 0.284. The molecule has 0 spiro atoms. The van der Waals surface area contributed by atoms with Crippen molar-refractivity contribution in [1.82, 2.24) is 10.6 Å². The Labute approximate surface area is 487 Å². The lowest BCUT2D eigenvalue weighted by Gasteiger charge is -2.36. The second-order valence-electron chi connectivity index (χ2n) is 19.5. The Morgan fingerprint density at radius 3 is 1.12 bits per heavy atom. The normalized spacial score (nSPS) is 13.5. The number of amides is 5. The van der Waals surface area contributed by atoms with E-state index >= 15 is 0 Å². The standard InChI is InChI=1S/C42H40N2O4S.C19H20N2O3.C4H10N2O.C2H6/c1-2-38(44-41(47)48-27-37-35-24-14-12-22-33(35)34-23-13-15-25-36(34)37)39(45)26-29(40(43)46)28-49-42(30-16-6-3-7-17-30,31-18-8-4-9-19-31)32-20-10-5-11-21-32;1-2-17(18(20)22)21-19(23)24-11-16-14-9-5-3-7-12(14)13-8-4-6-10-15(13)16;1-2-3(5)4(6)7;1-2/h3-25,29,37-38H,2,26-28H2,1H3,(H2,43,46)(H,44,47);3-10,16-17H,2,11H2,1H3,(H2,20,22)(H,21,23);3H,2,5H2,1H3,(H2,6,7);1-2H3/t29-,38-;17-;3-;/m111./s1/i;;;1D. The molecule has 0 aliphatic heterocycles. The molecule has 0 aromatic heterocycles. The van der Waals surface area contributed by atoms with Crippen LogP contribution in [0, 0.1) is 5.92 Å². The average molecular weight is 1130 g/mol. The highest BCUT2D eigenvalue weighted by Gasteiger charge is 2.39. The van der Waals surface area contributed by atoms with E-state index in [0.29, 0.717) is 31.9 Å². The van der Waals surface area contributed by atoms with Crippen molar-refractivity contribution in [3.63, 3.8) is 0 Å². The maximum absolute atomic E-state index is 13.7. The van der Waals surface area contributed by atoms with E-state index in [1.165, 1.54) is 11.1 Å². The van der Waals surface area contributed by atoms with Gasteiger partial charge in [-0.1, -0.05) is 223 Å². The second-order valence-corrected chi connectivity index (χ2v) is 20.8. The summed E-state index contributed by atoms with van der Waals surface area (Å²) in [5.41, 5.74) is 33.4. The van der Waals surface area contributed by atoms with Gasteiger partial charge in [0.1, 0.15) is 19.3 Å². The number of primary amides is 3. The van der Waals surface area contributed by atoms with Gasteiger partial charge in [0.05, 0.1) is 22.7 Å². The smallest absolute Gasteiger partial charge is 0.407 e. The molecule has 15 heteroatoms. The summed E-state index contributed by atoms with van der Waals surface area (Å²) in [6.07, 6.45) is 0.0167. The number of benzene rings is 7. The first-order valence-electron chi connectivity index (χ1n) is 28.3. The maximum Gasteiger partial charge on any atom is 0.407 e. The molecule has 82 heavy (non-hydrogen) atoms. The van der Waals surface area contributed by atoms with Crippen LogP contribution in [0.15, 0.2) is 188 Å². The van der Waals surface area contributed by atoms with Crippen LogP contribution in [-0.4, -0.2) is 72.8 Å². The molecule has 2 aliphatic carbocycles. The zero-order valence-corrected chi connectivity index (χ0v) is 47.8. The van der Waals surface area contributed by atoms with E-state index in [-0.39, 0.29) is 37.3 Å². The highest BCUT2D eigenvalue weighted by atomic mass is 32.2. The summed E-state index contributed by atoms with van der Waals surface area (Å²) >= 11 is 1.59. The van der Waals surface area contributed by atoms with E-state index in [9.17, 15) is 28.8 Å². The number of hydrogen-bond donors (Lipinski definition) is 6. The Balaban J connectivity index is 0.000000268. The number of nitrogens with one attached hydrogen (secondary N) is 2. The fourth-order valence-electron chi connectivity index (χ4n) is 10.2. The number of nitrogens with two attached hydrogens (primary N) is 4. The van der Waals surface area contributed by atoms with Gasteiger partial charge in [-0.2, -0.15) is 0 Å². The molecular weight excluding hydrogens is 1050 g/mol. The van der Waals surface area contributed by atoms with Gasteiger partial charge in [-0.25, -0.2) is 9.59 Å². The van der Waals surface area contributed by atoms with Crippen molar-refractivity contribution < 1.29 is 39.6 Å². The molecule has 4 atom stereocenters. The summed E-state index contributed by atoms with van der Waals surface area (Å²) in [6.45, 7) is 8.07. The molecule has 0 bridgehead atoms. The monoisotopic (exact) mass is 1130 g/mol. The Bertz CT molecular complexity index is 3070. The Morgan fingerprint density at radius 2 is 0.829 bits per heavy atom. The summed E-state index contributed by atoms with van der Waals surface area (Å²) < 4.78 is 16.6. The van der Waals surface area contributed by atoms with Gasteiger partial charge < -0.3 is 43.0 Å². The molecule has 2 aliphatic rings. The molecule has 0 saturated carbocycles. The quantitative estimate of drug-likeness (QED) is 0.0371. The van der Waals surface area contributed by atoms with Crippen molar-refractivity contribution >= 4 is 47.5 Å². The number of hydrogen-bond acceptors (Lipinski definition) is 10. The van der Waals surface area contributed by atoms with Gasteiger partial charge >= 0.3 is 12.2 Å². The van der Waals surface area contributed by atoms with Crippen molar-refractivity contribution in [2.24, 2.45) is 28.9 Å². The molecule has 9 rings (SSSR count). The van der Waals surface area contributed by atoms with Gasteiger partial charge in [-0.05, 0) is 80.5 Å². The van der Waals surface area contributed by atoms with Crippen LogP contribution in [0.3, 0.4) is 0 Å². The Hall–Kier alpha value is -8.53. The number of alkyl carbamates (subject to hydrolysis) is 2. The van der Waals surface area contributed by atoms with Crippen molar-refractivity contribution in [2.75, 3.05) is 19.0 Å². The Morgan fingerprint density at radius 1 is 0.500 bits per heavy atom. The zero-order chi connectivity index (χ0) is 59.9. The van der Waals surface area contributed by atoms with Gasteiger partial charge in [0, 0.05) is 25.4 Å². The van der Waals surface area contributed by atoms with Crippen LogP contribution in [0.4, 0.5) is 9.59 Å². The predicted octanol–water partition coefficient (Wildman–Crippen LogP) is 11.1. The third-order valence-corrected chi connectivity index (χ3v) is 16.2. The van der Waals surface area contributed by atoms with E-state index in [1.807, 2.05) is 117 Å². The van der Waals surface area contributed by atoms with Gasteiger partial charge in [-0.15, -0.1) is 11.8 Å². The minimum absolute atomic E-state index is 0.00296. The van der Waals surface area contributed by atoms with Crippen LogP contribution in [0.2, 0.25) is 0 Å². The van der Waals surface area contributed by atoms with E-state index in [1.54, 1.807) is 25.6 Å². The number of carbonyl (C=O) groups excluding carboxylic acids is 6. The zero-order valence-electron chi connectivity index (χ0n) is 48.0. The van der Waals surface area contributed by atoms with Crippen molar-refractivity contribution in [1.29, 1.82) is 0 Å². The van der Waals surface area contributed by atoms with Crippen molar-refractivity contribution in [3.8, 4) is 22.3 Å². The van der Waals surface area contributed by atoms with Crippen LogP contribution < -0.4 is 33.6 Å². The lowest BCUT2D eigenvalue weighted by molar-refractivity contribution is -0.127.